The highest BCUT2D eigenvalue weighted by Gasteiger charge is 2.33. The van der Waals surface area contributed by atoms with Crippen molar-refractivity contribution in [2.45, 2.75) is 6.92 Å². The second kappa shape index (κ2) is 11.5. The molecule has 0 bridgehead atoms. The van der Waals surface area contributed by atoms with E-state index in [-0.39, 0.29) is 16.8 Å². The molecule has 0 atom stereocenters. The molecule has 2 N–H and O–H groups in total. The zero-order chi connectivity index (χ0) is 24.7. The summed E-state index contributed by atoms with van der Waals surface area (Å²) in [6.07, 6.45) is 1.59. The number of benzene rings is 2. The molecule has 1 aliphatic rings. The number of aliphatic carboxylic acids is 1. The fraction of sp³-hybridized carbons (Fsp3) is 0.217. The Morgan fingerprint density at radius 2 is 1.91 bits per heavy atom. The molecule has 1 aliphatic heterocycles. The third-order valence-electron chi connectivity index (χ3n) is 4.47. The van der Waals surface area contributed by atoms with Crippen molar-refractivity contribution in [2.24, 2.45) is 0 Å². The molecule has 0 radical (unpaired) electrons. The number of carboxylic acid groups (broad SMARTS) is 1. The van der Waals surface area contributed by atoms with Gasteiger partial charge >= 0.3 is 5.97 Å². The number of para-hydroxylation sites is 2. The van der Waals surface area contributed by atoms with Crippen molar-refractivity contribution in [3.8, 4) is 17.2 Å². The van der Waals surface area contributed by atoms with Crippen molar-refractivity contribution in [3.05, 3.63) is 52.9 Å². The fourth-order valence-electron chi connectivity index (χ4n) is 3.00. The maximum absolute atomic E-state index is 12.4. The van der Waals surface area contributed by atoms with Crippen LogP contribution in [0.3, 0.4) is 0 Å². The lowest BCUT2D eigenvalue weighted by molar-refractivity contribution is -0.140. The number of anilines is 1. The minimum Gasteiger partial charge on any atom is -0.493 e. The zero-order valence-electron chi connectivity index (χ0n) is 18.4. The first-order chi connectivity index (χ1) is 16.3. The van der Waals surface area contributed by atoms with Gasteiger partial charge in [0.05, 0.1) is 24.3 Å². The van der Waals surface area contributed by atoms with Gasteiger partial charge in [-0.15, -0.1) is 0 Å². The standard InChI is InChI=1S/C23H22N2O7S2/c1-3-31-16-7-5-4-6-15(16)24-20(26)13-32-17-9-8-14(10-18(17)30-2)11-19-22(29)25(12-21(27)28)23(33)34-19/h4-11H,3,12-13H2,1-2H3,(H,24,26)(H,27,28). The smallest absolute Gasteiger partial charge is 0.323 e. The second-order valence-electron chi connectivity index (χ2n) is 6.84. The lowest BCUT2D eigenvalue weighted by Crippen LogP contribution is -2.33. The van der Waals surface area contributed by atoms with Gasteiger partial charge in [0, 0.05) is 0 Å². The summed E-state index contributed by atoms with van der Waals surface area (Å²) in [6, 6.07) is 12.0. The van der Waals surface area contributed by atoms with Crippen LogP contribution in [0.2, 0.25) is 0 Å². The number of thioether (sulfide) groups is 1. The van der Waals surface area contributed by atoms with E-state index in [1.54, 1.807) is 42.5 Å². The van der Waals surface area contributed by atoms with Gasteiger partial charge in [-0.25, -0.2) is 0 Å². The number of hydrogen-bond donors (Lipinski definition) is 2. The molecular formula is C23H22N2O7S2. The molecule has 0 unspecified atom stereocenters. The molecule has 0 aromatic heterocycles. The number of rotatable bonds is 10. The molecule has 1 heterocycles. The topological polar surface area (TPSA) is 114 Å². The Labute approximate surface area is 205 Å². The first-order valence-electron chi connectivity index (χ1n) is 10.1. The van der Waals surface area contributed by atoms with Gasteiger partial charge in [-0.2, -0.15) is 0 Å². The van der Waals surface area contributed by atoms with E-state index in [1.165, 1.54) is 7.11 Å². The Balaban J connectivity index is 1.67. The number of amides is 2. The summed E-state index contributed by atoms with van der Waals surface area (Å²) in [5.41, 5.74) is 1.16. The van der Waals surface area contributed by atoms with Crippen LogP contribution in [0.5, 0.6) is 17.2 Å². The molecule has 3 rings (SSSR count). The maximum Gasteiger partial charge on any atom is 0.323 e. The highest BCUT2D eigenvalue weighted by Crippen LogP contribution is 2.34. The average Bonchev–Trinajstić information content (AvgIpc) is 3.06. The molecule has 0 saturated carbocycles. The van der Waals surface area contributed by atoms with Crippen LogP contribution in [0.1, 0.15) is 12.5 Å². The monoisotopic (exact) mass is 502 g/mol. The Morgan fingerprint density at radius 1 is 1.15 bits per heavy atom. The number of ether oxygens (including phenoxy) is 3. The highest BCUT2D eigenvalue weighted by molar-refractivity contribution is 8.26. The second-order valence-corrected chi connectivity index (χ2v) is 8.51. The molecule has 1 fully saturated rings. The predicted molar refractivity (Wildman–Crippen MR) is 132 cm³/mol. The van der Waals surface area contributed by atoms with Gasteiger partial charge in [-0.3, -0.25) is 19.3 Å². The normalized spacial score (nSPS) is 14.3. The Bertz CT molecular complexity index is 1150. The Hall–Kier alpha value is -3.57. The van der Waals surface area contributed by atoms with Crippen molar-refractivity contribution >= 4 is 57.8 Å². The lowest BCUT2D eigenvalue weighted by Gasteiger charge is -2.13. The first-order valence-corrected chi connectivity index (χ1v) is 11.3. The quantitative estimate of drug-likeness (QED) is 0.373. The molecule has 2 aromatic carbocycles. The number of carbonyl (C=O) groups is 3. The van der Waals surface area contributed by atoms with Crippen molar-refractivity contribution in [1.29, 1.82) is 0 Å². The molecular weight excluding hydrogens is 480 g/mol. The average molecular weight is 503 g/mol. The molecule has 0 spiro atoms. The minimum absolute atomic E-state index is 0.183. The van der Waals surface area contributed by atoms with Crippen LogP contribution in [0.25, 0.3) is 6.08 Å². The largest absolute Gasteiger partial charge is 0.493 e. The van der Waals surface area contributed by atoms with E-state index in [0.717, 1.165) is 16.7 Å². The van der Waals surface area contributed by atoms with E-state index in [4.69, 9.17) is 31.5 Å². The van der Waals surface area contributed by atoms with E-state index in [1.807, 2.05) is 13.0 Å². The van der Waals surface area contributed by atoms with Gasteiger partial charge in [0.1, 0.15) is 16.6 Å². The minimum atomic E-state index is -1.15. The van der Waals surface area contributed by atoms with Crippen molar-refractivity contribution < 1.29 is 33.7 Å². The van der Waals surface area contributed by atoms with Crippen LogP contribution in [0.15, 0.2) is 47.4 Å². The van der Waals surface area contributed by atoms with Gasteiger partial charge in [0.2, 0.25) is 0 Å². The zero-order valence-corrected chi connectivity index (χ0v) is 20.0. The molecule has 2 amide bonds. The number of nitrogens with zero attached hydrogens (tertiary/aromatic N) is 1. The predicted octanol–water partition coefficient (Wildman–Crippen LogP) is 3.40. The maximum atomic E-state index is 12.4. The first kappa shape index (κ1) is 25.1. The summed E-state index contributed by atoms with van der Waals surface area (Å²) in [4.78, 5) is 37.1. The van der Waals surface area contributed by atoms with Gasteiger partial charge in [-0.05, 0) is 42.8 Å². The Morgan fingerprint density at radius 3 is 2.62 bits per heavy atom. The summed E-state index contributed by atoms with van der Waals surface area (Å²) in [6.45, 7) is 1.57. The van der Waals surface area contributed by atoms with Crippen LogP contribution in [0.4, 0.5) is 5.69 Å². The van der Waals surface area contributed by atoms with Crippen LogP contribution in [-0.4, -0.2) is 59.0 Å². The van der Waals surface area contributed by atoms with Gasteiger partial charge < -0.3 is 24.6 Å². The summed E-state index contributed by atoms with van der Waals surface area (Å²) in [5, 5.41) is 11.7. The van der Waals surface area contributed by atoms with Gasteiger partial charge in [0.15, 0.2) is 18.1 Å². The van der Waals surface area contributed by atoms with E-state index in [0.29, 0.717) is 40.0 Å². The molecule has 9 nitrogen and oxygen atoms in total. The molecule has 1 saturated heterocycles. The number of thiocarbonyl (C=S) groups is 1. The van der Waals surface area contributed by atoms with Crippen molar-refractivity contribution in [1.82, 2.24) is 4.90 Å². The van der Waals surface area contributed by atoms with Gasteiger partial charge in [-0.1, -0.05) is 42.2 Å². The number of carbonyl (C=O) groups excluding carboxylic acids is 2. The van der Waals surface area contributed by atoms with Gasteiger partial charge in [0.25, 0.3) is 11.8 Å². The summed E-state index contributed by atoms with van der Waals surface area (Å²) in [7, 11) is 1.46. The molecule has 11 heteroatoms. The van der Waals surface area contributed by atoms with Crippen LogP contribution < -0.4 is 19.5 Å². The third kappa shape index (κ3) is 6.27. The summed E-state index contributed by atoms with van der Waals surface area (Å²) >= 11 is 6.13. The Kier molecular flexibility index (Phi) is 8.50. The van der Waals surface area contributed by atoms with Crippen molar-refractivity contribution in [3.63, 3.8) is 0 Å². The third-order valence-corrected chi connectivity index (χ3v) is 5.85. The van der Waals surface area contributed by atoms with E-state index in [9.17, 15) is 14.4 Å². The summed E-state index contributed by atoms with van der Waals surface area (Å²) in [5.74, 6) is -0.732. The van der Waals surface area contributed by atoms with Crippen LogP contribution >= 0.6 is 24.0 Å². The highest BCUT2D eigenvalue weighted by atomic mass is 32.2. The van der Waals surface area contributed by atoms with E-state index >= 15 is 0 Å². The van der Waals surface area contributed by atoms with E-state index in [2.05, 4.69) is 5.32 Å². The SMILES string of the molecule is CCOc1ccccc1NC(=O)COc1ccc(C=C2SC(=S)N(CC(=O)O)C2=O)cc1OC. The molecule has 2 aromatic rings. The van der Waals surface area contributed by atoms with Crippen molar-refractivity contribution in [2.75, 3.05) is 32.2 Å². The van der Waals surface area contributed by atoms with Crippen LogP contribution in [-0.2, 0) is 14.4 Å². The number of carboxylic acids is 1. The molecule has 0 aliphatic carbocycles. The van der Waals surface area contributed by atoms with E-state index < -0.39 is 18.4 Å². The summed E-state index contributed by atoms with van der Waals surface area (Å²) < 4.78 is 16.7. The lowest BCUT2D eigenvalue weighted by atomic mass is 10.2. The molecule has 178 valence electrons. The fourth-order valence-corrected chi connectivity index (χ4v) is 4.25. The number of nitrogens with one attached hydrogen (secondary N) is 1. The number of hydrogen-bond acceptors (Lipinski definition) is 8. The van der Waals surface area contributed by atoms with Crippen LogP contribution in [0, 0.1) is 0 Å². The number of methoxy groups -OCH3 is 1. The molecule has 34 heavy (non-hydrogen) atoms.